The van der Waals surface area contributed by atoms with E-state index in [9.17, 15) is 5.11 Å². The van der Waals surface area contributed by atoms with Gasteiger partial charge in [0.15, 0.2) is 17.0 Å². The minimum atomic E-state index is -0.798. The van der Waals surface area contributed by atoms with Gasteiger partial charge in [-0.1, -0.05) is 0 Å². The Morgan fingerprint density at radius 3 is 2.75 bits per heavy atom. The zero-order chi connectivity index (χ0) is 14.4. The summed E-state index contributed by atoms with van der Waals surface area (Å²) in [4.78, 5) is 11.9. The number of hydrogen-bond donors (Lipinski definition) is 3. The lowest BCUT2D eigenvalue weighted by Crippen LogP contribution is -2.24. The van der Waals surface area contributed by atoms with Crippen molar-refractivity contribution in [2.24, 2.45) is 0 Å². The van der Waals surface area contributed by atoms with Crippen molar-refractivity contribution in [3.63, 3.8) is 0 Å². The van der Waals surface area contributed by atoms with Gasteiger partial charge < -0.3 is 20.7 Å². The first kappa shape index (κ1) is 13.8. The quantitative estimate of drug-likeness (QED) is 0.540. The molecule has 0 aliphatic carbocycles. The third-order valence-corrected chi connectivity index (χ3v) is 3.60. The van der Waals surface area contributed by atoms with E-state index in [0.717, 1.165) is 0 Å². The van der Waals surface area contributed by atoms with Gasteiger partial charge in [0, 0.05) is 6.42 Å². The smallest absolute Gasteiger partial charge is 0.226 e. The van der Waals surface area contributed by atoms with Crippen molar-refractivity contribution >= 4 is 40.2 Å². The van der Waals surface area contributed by atoms with E-state index < -0.39 is 18.4 Å². The van der Waals surface area contributed by atoms with E-state index in [4.69, 9.17) is 38.8 Å². The summed E-state index contributed by atoms with van der Waals surface area (Å²) >= 11 is 11.9. The van der Waals surface area contributed by atoms with E-state index >= 15 is 0 Å². The van der Waals surface area contributed by atoms with Crippen molar-refractivity contribution < 1.29 is 14.9 Å². The number of nitrogen functional groups attached to an aromatic ring is 1. The molecule has 3 rings (SSSR count). The number of fused-ring (bicyclic) bond motifs is 1. The van der Waals surface area contributed by atoms with Gasteiger partial charge in [-0.05, 0) is 23.2 Å². The van der Waals surface area contributed by atoms with Crippen LogP contribution in [0.5, 0.6) is 0 Å². The van der Waals surface area contributed by atoms with Crippen LogP contribution in [0.4, 0.5) is 5.82 Å². The second kappa shape index (κ2) is 4.97. The van der Waals surface area contributed by atoms with Crippen LogP contribution in [0.1, 0.15) is 12.6 Å². The maximum Gasteiger partial charge on any atom is 0.226 e. The van der Waals surface area contributed by atoms with Crippen molar-refractivity contribution in [1.29, 1.82) is 0 Å². The monoisotopic (exact) mass is 319 g/mol. The fourth-order valence-corrected chi connectivity index (χ4v) is 2.68. The zero-order valence-electron chi connectivity index (χ0n) is 10.1. The molecular formula is C10H11Cl2N5O3. The normalized spacial score (nSPS) is 26.5. The van der Waals surface area contributed by atoms with Crippen LogP contribution in [0, 0.1) is 0 Å². The topological polar surface area (TPSA) is 119 Å². The van der Waals surface area contributed by atoms with Crippen LogP contribution in [-0.4, -0.2) is 48.5 Å². The molecule has 1 aliphatic rings. The summed E-state index contributed by atoms with van der Waals surface area (Å²) in [5.74, 6) is 0.109. The molecule has 1 fully saturated rings. The molecule has 0 radical (unpaired) electrons. The van der Waals surface area contributed by atoms with Crippen LogP contribution in [-0.2, 0) is 4.74 Å². The molecule has 20 heavy (non-hydrogen) atoms. The zero-order valence-corrected chi connectivity index (χ0v) is 11.6. The molecule has 1 saturated heterocycles. The molecule has 0 unspecified atom stereocenters. The number of nitrogens with zero attached hydrogens (tertiary/aromatic N) is 4. The van der Waals surface area contributed by atoms with Crippen molar-refractivity contribution in [2.75, 3.05) is 12.3 Å². The Balaban J connectivity index is 2.10. The van der Waals surface area contributed by atoms with Crippen LogP contribution >= 0.6 is 23.2 Å². The van der Waals surface area contributed by atoms with Crippen molar-refractivity contribution in [2.45, 2.75) is 24.9 Å². The summed E-state index contributed by atoms with van der Waals surface area (Å²) in [5.41, 5.74) is 6.35. The van der Waals surface area contributed by atoms with Gasteiger partial charge in [-0.2, -0.15) is 9.97 Å². The van der Waals surface area contributed by atoms with Crippen LogP contribution in [0.15, 0.2) is 0 Å². The van der Waals surface area contributed by atoms with Gasteiger partial charge in [-0.15, -0.1) is 0 Å². The molecule has 108 valence electrons. The first-order valence-electron chi connectivity index (χ1n) is 5.82. The molecule has 0 aromatic carbocycles. The van der Waals surface area contributed by atoms with Crippen LogP contribution < -0.4 is 5.73 Å². The fourth-order valence-electron chi connectivity index (χ4n) is 2.23. The predicted molar refractivity (Wildman–Crippen MR) is 71.4 cm³/mol. The number of aromatic nitrogens is 4. The van der Waals surface area contributed by atoms with Gasteiger partial charge >= 0.3 is 0 Å². The van der Waals surface area contributed by atoms with Crippen molar-refractivity contribution in [1.82, 2.24) is 19.5 Å². The fraction of sp³-hybridized carbons (Fsp3) is 0.500. The highest BCUT2D eigenvalue weighted by Gasteiger charge is 2.36. The lowest BCUT2D eigenvalue weighted by Gasteiger charge is -2.14. The molecule has 1 aliphatic heterocycles. The third-order valence-electron chi connectivity index (χ3n) is 3.17. The molecule has 3 heterocycles. The van der Waals surface area contributed by atoms with E-state index in [0.29, 0.717) is 11.2 Å². The Kier molecular flexibility index (Phi) is 3.43. The minimum absolute atomic E-state index is 0.0370. The van der Waals surface area contributed by atoms with Crippen molar-refractivity contribution in [3.8, 4) is 0 Å². The van der Waals surface area contributed by atoms with Gasteiger partial charge in [0.25, 0.3) is 0 Å². The van der Waals surface area contributed by atoms with E-state index in [-0.39, 0.29) is 29.4 Å². The standard InChI is InChI=1S/C10H11Cl2N5O3/c11-9-15-7(13)6-8(16-9)17(10(12)14-6)5-1-3(19)4(2-18)20-5/h3-5,18-19H,1-2H2,(H2,13,15,16)/t3-,4+,5+/m0/s1. The number of nitrogens with two attached hydrogens (primary N) is 1. The second-order valence-electron chi connectivity index (χ2n) is 4.42. The highest BCUT2D eigenvalue weighted by atomic mass is 35.5. The SMILES string of the molecule is Nc1nc(Cl)nc2c1nc(Cl)n2[C@H]1C[C@H](O)[C@@H](CO)O1. The average Bonchev–Trinajstić information content (AvgIpc) is 2.89. The maximum absolute atomic E-state index is 9.78. The van der Waals surface area contributed by atoms with E-state index in [1.807, 2.05) is 0 Å². The summed E-state index contributed by atoms with van der Waals surface area (Å²) in [6.07, 6.45) is -1.83. The molecule has 2 aromatic heterocycles. The molecular weight excluding hydrogens is 309 g/mol. The van der Waals surface area contributed by atoms with Gasteiger partial charge in [0.05, 0.1) is 12.7 Å². The van der Waals surface area contributed by atoms with Crippen molar-refractivity contribution in [3.05, 3.63) is 10.6 Å². The number of rotatable bonds is 2. The number of hydrogen-bond acceptors (Lipinski definition) is 7. The summed E-state index contributed by atoms with van der Waals surface area (Å²) in [6, 6.07) is 0. The molecule has 0 spiro atoms. The summed E-state index contributed by atoms with van der Waals surface area (Å²) in [6.45, 7) is -0.292. The van der Waals surface area contributed by atoms with Gasteiger partial charge in [-0.25, -0.2) is 4.98 Å². The third kappa shape index (κ3) is 2.09. The van der Waals surface area contributed by atoms with Crippen LogP contribution in [0.3, 0.4) is 0 Å². The van der Waals surface area contributed by atoms with Gasteiger partial charge in [0.2, 0.25) is 10.6 Å². The first-order valence-corrected chi connectivity index (χ1v) is 6.57. The summed E-state index contributed by atoms with van der Waals surface area (Å²) < 4.78 is 7.00. The molecule has 8 nitrogen and oxygen atoms in total. The van der Waals surface area contributed by atoms with E-state index in [1.165, 1.54) is 4.57 Å². The van der Waals surface area contributed by atoms with Crippen LogP contribution in [0.25, 0.3) is 11.2 Å². The van der Waals surface area contributed by atoms with Crippen LogP contribution in [0.2, 0.25) is 10.6 Å². The molecule has 0 bridgehead atoms. The Bertz CT molecular complexity index is 664. The maximum atomic E-state index is 9.78. The highest BCUT2D eigenvalue weighted by molar-refractivity contribution is 6.30. The number of aliphatic hydroxyl groups excluding tert-OH is 2. The largest absolute Gasteiger partial charge is 0.394 e. The van der Waals surface area contributed by atoms with E-state index in [2.05, 4.69) is 15.0 Å². The molecule has 0 amide bonds. The van der Waals surface area contributed by atoms with Gasteiger partial charge in [0.1, 0.15) is 12.3 Å². The molecule has 2 aromatic rings. The molecule has 4 N–H and O–H groups in total. The Morgan fingerprint density at radius 2 is 2.10 bits per heavy atom. The number of halogens is 2. The molecule has 0 saturated carbocycles. The minimum Gasteiger partial charge on any atom is -0.394 e. The lowest BCUT2D eigenvalue weighted by molar-refractivity contribution is -0.0431. The number of imidazole rings is 1. The Hall–Kier alpha value is -1.19. The highest BCUT2D eigenvalue weighted by Crippen LogP contribution is 2.34. The predicted octanol–water partition coefficient (Wildman–Crippen LogP) is 0.356. The number of anilines is 1. The Morgan fingerprint density at radius 1 is 1.35 bits per heavy atom. The number of aliphatic hydroxyl groups is 2. The number of ether oxygens (including phenoxy) is 1. The second-order valence-corrected chi connectivity index (χ2v) is 5.09. The van der Waals surface area contributed by atoms with E-state index in [1.54, 1.807) is 0 Å². The Labute approximate surface area is 123 Å². The lowest BCUT2D eigenvalue weighted by atomic mass is 10.2. The molecule has 3 atom stereocenters. The van der Waals surface area contributed by atoms with Gasteiger partial charge in [-0.3, -0.25) is 4.57 Å². The molecule has 10 heteroatoms. The average molecular weight is 320 g/mol. The summed E-state index contributed by atoms with van der Waals surface area (Å²) in [5, 5.41) is 19.0. The summed E-state index contributed by atoms with van der Waals surface area (Å²) in [7, 11) is 0. The first-order chi connectivity index (χ1) is 9.51.